The molecule has 0 bridgehead atoms. The number of benzene rings is 1. The number of rotatable bonds is 8. The molecule has 164 valence electrons. The molecule has 2 aliphatic rings. The minimum Gasteiger partial charge on any atom is -0.384 e. The van der Waals surface area contributed by atoms with Gasteiger partial charge in [0.25, 0.3) is 0 Å². The highest BCUT2D eigenvalue weighted by atomic mass is 16.5. The highest BCUT2D eigenvalue weighted by Gasteiger charge is 2.34. The van der Waals surface area contributed by atoms with Crippen LogP contribution in [-0.2, 0) is 27.2 Å². The topological polar surface area (TPSA) is 75.6 Å². The largest absolute Gasteiger partial charge is 0.384 e. The second kappa shape index (κ2) is 9.56. The molecule has 3 heterocycles. The first-order valence-electron chi connectivity index (χ1n) is 11.0. The number of nitrogens with zero attached hydrogens (tertiary/aromatic N) is 4. The van der Waals surface area contributed by atoms with E-state index in [-0.39, 0.29) is 17.7 Å². The highest BCUT2D eigenvalue weighted by Crippen LogP contribution is 2.33. The van der Waals surface area contributed by atoms with E-state index in [2.05, 4.69) is 12.1 Å². The van der Waals surface area contributed by atoms with Gasteiger partial charge in [-0.05, 0) is 31.7 Å². The van der Waals surface area contributed by atoms with Gasteiger partial charge in [-0.1, -0.05) is 30.3 Å². The summed E-state index contributed by atoms with van der Waals surface area (Å²) in [4.78, 5) is 38.3. The van der Waals surface area contributed by atoms with E-state index in [1.165, 1.54) is 5.56 Å². The van der Waals surface area contributed by atoms with Crippen molar-refractivity contribution in [1.29, 1.82) is 0 Å². The van der Waals surface area contributed by atoms with E-state index in [0.29, 0.717) is 39.1 Å². The average molecular weight is 423 g/mol. The van der Waals surface area contributed by atoms with Crippen molar-refractivity contribution in [3.8, 4) is 0 Å². The lowest BCUT2D eigenvalue weighted by atomic mass is 10.1. The van der Waals surface area contributed by atoms with Gasteiger partial charge >= 0.3 is 0 Å². The Labute approximate surface area is 183 Å². The first-order valence-corrected chi connectivity index (χ1v) is 11.0. The summed E-state index contributed by atoms with van der Waals surface area (Å²) in [6.07, 6.45) is 3.44. The van der Waals surface area contributed by atoms with Gasteiger partial charge in [-0.15, -0.1) is 0 Å². The van der Waals surface area contributed by atoms with Crippen LogP contribution in [0.25, 0.3) is 0 Å². The van der Waals surface area contributed by atoms with Gasteiger partial charge in [0.2, 0.25) is 11.8 Å². The van der Waals surface area contributed by atoms with Crippen LogP contribution < -0.4 is 4.90 Å². The number of hydrogen-bond acceptors (Lipinski definition) is 5. The van der Waals surface area contributed by atoms with Gasteiger partial charge in [0.05, 0.1) is 19.4 Å². The van der Waals surface area contributed by atoms with E-state index >= 15 is 0 Å². The first kappa shape index (κ1) is 21.4. The second-order valence-electron chi connectivity index (χ2n) is 8.35. The molecule has 0 radical (unpaired) electrons. The number of aromatic nitrogens is 2. The summed E-state index contributed by atoms with van der Waals surface area (Å²) >= 11 is 0. The number of methoxy groups -OCH3 is 1. The fraction of sp³-hybridized carbons (Fsp3) is 0.500. The van der Waals surface area contributed by atoms with Gasteiger partial charge in [0, 0.05) is 43.9 Å². The molecule has 1 aromatic heterocycles. The number of hydrogen-bond donors (Lipinski definition) is 0. The Morgan fingerprint density at radius 2 is 2.03 bits per heavy atom. The number of carbonyl (C=O) groups is 2. The summed E-state index contributed by atoms with van der Waals surface area (Å²) in [6.45, 7) is 4.40. The van der Waals surface area contributed by atoms with Crippen molar-refractivity contribution in [2.24, 2.45) is 0 Å². The molecule has 0 N–H and O–H groups in total. The molecule has 1 atom stereocenters. The molecule has 31 heavy (non-hydrogen) atoms. The Morgan fingerprint density at radius 3 is 2.81 bits per heavy atom. The van der Waals surface area contributed by atoms with E-state index in [1.807, 2.05) is 34.9 Å². The molecule has 2 amide bonds. The van der Waals surface area contributed by atoms with Crippen LogP contribution in [0, 0.1) is 6.92 Å². The summed E-state index contributed by atoms with van der Waals surface area (Å²) in [5.41, 5.74) is 3.10. The van der Waals surface area contributed by atoms with Crippen LogP contribution in [0.1, 0.15) is 47.8 Å². The second-order valence-corrected chi connectivity index (χ2v) is 8.35. The molecule has 2 aromatic rings. The SMILES string of the molecule is COCCC(=O)N1CC[C@@H](c2nc(C)c3c(n2)N(CCCc2ccccc2)C(=O)C3)C1. The third-order valence-corrected chi connectivity index (χ3v) is 6.21. The van der Waals surface area contributed by atoms with Gasteiger partial charge < -0.3 is 9.64 Å². The summed E-state index contributed by atoms with van der Waals surface area (Å²) in [5.74, 6) is 1.84. The standard InChI is InChI=1S/C24H30N4O3/c1-17-20-15-22(30)28(12-6-9-18-7-4-3-5-8-18)24(20)26-23(25-17)19-10-13-27(16-19)21(29)11-14-31-2/h3-5,7-8,19H,6,9-16H2,1-2H3/t19-/m1/s1. The van der Waals surface area contributed by atoms with Gasteiger partial charge in [0.15, 0.2) is 0 Å². The smallest absolute Gasteiger partial charge is 0.232 e. The maximum Gasteiger partial charge on any atom is 0.232 e. The van der Waals surface area contributed by atoms with Crippen molar-refractivity contribution in [2.75, 3.05) is 38.3 Å². The van der Waals surface area contributed by atoms with Crippen molar-refractivity contribution in [3.63, 3.8) is 0 Å². The van der Waals surface area contributed by atoms with Crippen LogP contribution in [0.4, 0.5) is 5.82 Å². The van der Waals surface area contributed by atoms with Gasteiger partial charge in [0.1, 0.15) is 11.6 Å². The molecule has 0 spiro atoms. The first-order chi connectivity index (χ1) is 15.1. The molecule has 7 heteroatoms. The Balaban J connectivity index is 1.45. The fourth-order valence-electron chi connectivity index (χ4n) is 4.44. The van der Waals surface area contributed by atoms with Crippen LogP contribution in [-0.4, -0.2) is 60.0 Å². The lowest BCUT2D eigenvalue weighted by Crippen LogP contribution is -2.30. The Hall–Kier alpha value is -2.80. The molecule has 1 saturated heterocycles. The lowest BCUT2D eigenvalue weighted by Gasteiger charge is -2.19. The maximum atomic E-state index is 12.7. The molecule has 0 unspecified atom stereocenters. The summed E-state index contributed by atoms with van der Waals surface area (Å²) in [7, 11) is 1.61. The molecule has 4 rings (SSSR count). The Morgan fingerprint density at radius 1 is 1.23 bits per heavy atom. The van der Waals surface area contributed by atoms with Gasteiger partial charge in [-0.3, -0.25) is 14.5 Å². The minimum atomic E-state index is 0.0976. The van der Waals surface area contributed by atoms with Crippen molar-refractivity contribution >= 4 is 17.6 Å². The third kappa shape index (κ3) is 4.77. The third-order valence-electron chi connectivity index (χ3n) is 6.21. The zero-order valence-corrected chi connectivity index (χ0v) is 18.3. The molecular weight excluding hydrogens is 392 g/mol. The molecule has 1 aromatic carbocycles. The predicted molar refractivity (Wildman–Crippen MR) is 118 cm³/mol. The number of likely N-dealkylation sites (tertiary alicyclic amines) is 1. The Bertz CT molecular complexity index is 947. The molecule has 0 saturated carbocycles. The van der Waals surface area contributed by atoms with Crippen LogP contribution in [0.2, 0.25) is 0 Å². The summed E-state index contributed by atoms with van der Waals surface area (Å²) in [5, 5.41) is 0. The fourth-order valence-corrected chi connectivity index (χ4v) is 4.44. The minimum absolute atomic E-state index is 0.0976. The molecule has 7 nitrogen and oxygen atoms in total. The maximum absolute atomic E-state index is 12.7. The molecular formula is C24H30N4O3. The van der Waals surface area contributed by atoms with Crippen molar-refractivity contribution < 1.29 is 14.3 Å². The summed E-state index contributed by atoms with van der Waals surface area (Å²) < 4.78 is 5.02. The van der Waals surface area contributed by atoms with Crippen molar-refractivity contribution in [1.82, 2.24) is 14.9 Å². The van der Waals surface area contributed by atoms with Crippen molar-refractivity contribution in [3.05, 3.63) is 53.0 Å². The summed E-state index contributed by atoms with van der Waals surface area (Å²) in [6, 6.07) is 10.3. The van der Waals surface area contributed by atoms with Crippen molar-refractivity contribution in [2.45, 2.75) is 44.9 Å². The van der Waals surface area contributed by atoms with E-state index in [4.69, 9.17) is 14.7 Å². The molecule has 2 aliphatic heterocycles. The molecule has 0 aliphatic carbocycles. The number of ether oxygens (including phenoxy) is 1. The zero-order chi connectivity index (χ0) is 21.8. The van der Waals surface area contributed by atoms with E-state index in [1.54, 1.807) is 7.11 Å². The van der Waals surface area contributed by atoms with E-state index in [0.717, 1.165) is 42.2 Å². The lowest BCUT2D eigenvalue weighted by molar-refractivity contribution is -0.131. The number of amides is 2. The quantitative estimate of drug-likeness (QED) is 0.654. The average Bonchev–Trinajstić information content (AvgIpc) is 3.39. The van der Waals surface area contributed by atoms with Crippen LogP contribution in [0.15, 0.2) is 30.3 Å². The normalized spacial score (nSPS) is 18.0. The number of anilines is 1. The highest BCUT2D eigenvalue weighted by molar-refractivity contribution is 6.00. The van der Waals surface area contributed by atoms with Gasteiger partial charge in [-0.25, -0.2) is 9.97 Å². The van der Waals surface area contributed by atoms with E-state index < -0.39 is 0 Å². The van der Waals surface area contributed by atoms with Crippen LogP contribution >= 0.6 is 0 Å². The number of fused-ring (bicyclic) bond motifs is 1. The number of aryl methyl sites for hydroxylation is 2. The van der Waals surface area contributed by atoms with Crippen LogP contribution in [0.5, 0.6) is 0 Å². The monoisotopic (exact) mass is 422 g/mol. The van der Waals surface area contributed by atoms with E-state index in [9.17, 15) is 9.59 Å². The Kier molecular flexibility index (Phi) is 6.61. The van der Waals surface area contributed by atoms with Crippen LogP contribution in [0.3, 0.4) is 0 Å². The zero-order valence-electron chi connectivity index (χ0n) is 18.3. The predicted octanol–water partition coefficient (Wildman–Crippen LogP) is 2.66. The molecule has 1 fully saturated rings. The number of carbonyl (C=O) groups excluding carboxylic acids is 2. The van der Waals surface area contributed by atoms with Gasteiger partial charge in [-0.2, -0.15) is 0 Å².